The fraction of sp³-hybridized carbons (Fsp3) is 0.125. The van der Waals surface area contributed by atoms with Crippen molar-refractivity contribution in [3.05, 3.63) is 58.3 Å². The zero-order valence-corrected chi connectivity index (χ0v) is 14.4. The second-order valence-electron chi connectivity index (χ2n) is 5.00. The molecule has 2 heterocycles. The van der Waals surface area contributed by atoms with Crippen LogP contribution in [0.25, 0.3) is 10.7 Å². The minimum atomic E-state index is -0.428. The van der Waals surface area contributed by atoms with E-state index in [-0.39, 0.29) is 18.7 Å². The summed E-state index contributed by atoms with van der Waals surface area (Å²) in [5.74, 6) is 0.0741. The Labute approximate surface area is 152 Å². The number of hydrogen-bond donors (Lipinski definition) is 2. The first-order valence-electron chi connectivity index (χ1n) is 7.33. The van der Waals surface area contributed by atoms with Crippen molar-refractivity contribution in [2.75, 3.05) is 0 Å². The van der Waals surface area contributed by atoms with E-state index in [0.29, 0.717) is 22.3 Å². The van der Waals surface area contributed by atoms with E-state index in [1.54, 1.807) is 24.3 Å². The minimum absolute atomic E-state index is 0.104. The molecule has 3 rings (SSSR count). The summed E-state index contributed by atoms with van der Waals surface area (Å²) in [6.45, 7) is 0. The molecule has 25 heavy (non-hydrogen) atoms. The van der Waals surface area contributed by atoms with Crippen LogP contribution in [0.1, 0.15) is 22.7 Å². The van der Waals surface area contributed by atoms with Crippen molar-refractivity contribution < 1.29 is 14.1 Å². The highest BCUT2D eigenvalue weighted by molar-refractivity contribution is 7.13. The summed E-state index contributed by atoms with van der Waals surface area (Å²) in [5, 5.41) is 6.32. The molecule has 3 aromatic rings. The summed E-state index contributed by atoms with van der Waals surface area (Å²) in [4.78, 5) is 28.8. The fourth-order valence-corrected chi connectivity index (χ4v) is 2.72. The van der Waals surface area contributed by atoms with Crippen LogP contribution in [0.2, 0.25) is 5.02 Å². The average Bonchev–Trinajstić information content (AvgIpc) is 3.29. The number of hydrogen-bond acceptors (Lipinski definition) is 6. The summed E-state index contributed by atoms with van der Waals surface area (Å²) >= 11 is 7.26. The van der Waals surface area contributed by atoms with E-state index in [1.165, 1.54) is 11.3 Å². The third kappa shape index (κ3) is 4.65. The lowest BCUT2D eigenvalue weighted by atomic mass is 10.2. The van der Waals surface area contributed by atoms with Crippen LogP contribution < -0.4 is 10.9 Å². The SMILES string of the molecule is O=C(CCc1nc(-c2cccs2)no1)NNC(=O)c1ccc(Cl)cc1. The monoisotopic (exact) mass is 376 g/mol. The Hall–Kier alpha value is -2.71. The van der Waals surface area contributed by atoms with Gasteiger partial charge in [-0.1, -0.05) is 22.8 Å². The molecule has 0 saturated heterocycles. The van der Waals surface area contributed by atoms with Crippen LogP contribution in [-0.4, -0.2) is 22.0 Å². The minimum Gasteiger partial charge on any atom is -0.339 e. The van der Waals surface area contributed by atoms with Crippen molar-refractivity contribution in [1.29, 1.82) is 0 Å². The summed E-state index contributed by atoms with van der Waals surface area (Å²) in [6, 6.07) is 10.1. The van der Waals surface area contributed by atoms with Crippen LogP contribution in [0.5, 0.6) is 0 Å². The van der Waals surface area contributed by atoms with Gasteiger partial charge in [0.2, 0.25) is 17.6 Å². The van der Waals surface area contributed by atoms with Gasteiger partial charge in [-0.3, -0.25) is 20.4 Å². The van der Waals surface area contributed by atoms with Gasteiger partial charge < -0.3 is 4.52 Å². The van der Waals surface area contributed by atoms with E-state index in [1.807, 2.05) is 17.5 Å². The van der Waals surface area contributed by atoms with Gasteiger partial charge in [-0.25, -0.2) is 0 Å². The highest BCUT2D eigenvalue weighted by atomic mass is 35.5. The number of nitrogens with one attached hydrogen (secondary N) is 2. The lowest BCUT2D eigenvalue weighted by Gasteiger charge is -2.06. The molecule has 1 aromatic carbocycles. The standard InChI is InChI=1S/C16H13ClN4O3S/c17-11-5-3-10(4-6-11)16(23)20-19-13(22)7-8-14-18-15(21-24-14)12-2-1-9-25-12/h1-6,9H,7-8H2,(H,19,22)(H,20,23). The first kappa shape index (κ1) is 17.1. The second-order valence-corrected chi connectivity index (χ2v) is 6.38. The molecule has 0 fully saturated rings. The molecule has 2 aromatic heterocycles. The molecule has 9 heteroatoms. The molecule has 0 atom stereocenters. The van der Waals surface area contributed by atoms with Crippen molar-refractivity contribution in [3.8, 4) is 10.7 Å². The molecule has 0 radical (unpaired) electrons. The van der Waals surface area contributed by atoms with Gasteiger partial charge in [0.05, 0.1) is 4.88 Å². The number of aryl methyl sites for hydroxylation is 1. The molecule has 0 aliphatic heterocycles. The maximum Gasteiger partial charge on any atom is 0.269 e. The Morgan fingerprint density at radius 2 is 1.96 bits per heavy atom. The predicted octanol–water partition coefficient (Wildman–Crippen LogP) is 2.85. The summed E-state index contributed by atoms with van der Waals surface area (Å²) in [5.41, 5.74) is 5.07. The number of halogens is 1. The maximum atomic E-state index is 11.9. The number of hydrazine groups is 1. The Kier molecular flexibility index (Phi) is 5.42. The largest absolute Gasteiger partial charge is 0.339 e. The molecule has 0 saturated carbocycles. The normalized spacial score (nSPS) is 10.4. The lowest BCUT2D eigenvalue weighted by molar-refractivity contribution is -0.121. The van der Waals surface area contributed by atoms with E-state index < -0.39 is 5.91 Å². The van der Waals surface area contributed by atoms with Crippen LogP contribution in [-0.2, 0) is 11.2 Å². The van der Waals surface area contributed by atoms with Gasteiger partial charge in [-0.15, -0.1) is 11.3 Å². The Balaban J connectivity index is 1.45. The molecule has 0 spiro atoms. The number of carbonyl (C=O) groups excluding carboxylic acids is 2. The van der Waals surface area contributed by atoms with E-state index in [4.69, 9.17) is 16.1 Å². The number of aromatic nitrogens is 2. The highest BCUT2D eigenvalue weighted by Crippen LogP contribution is 2.21. The molecule has 7 nitrogen and oxygen atoms in total. The first-order chi connectivity index (χ1) is 12.1. The molecule has 128 valence electrons. The average molecular weight is 377 g/mol. The molecular formula is C16H13ClN4O3S. The number of amides is 2. The van der Waals surface area contributed by atoms with Crippen molar-refractivity contribution in [1.82, 2.24) is 21.0 Å². The Morgan fingerprint density at radius 3 is 2.68 bits per heavy atom. The van der Waals surface area contributed by atoms with Gasteiger partial charge in [0.25, 0.3) is 5.91 Å². The van der Waals surface area contributed by atoms with Crippen LogP contribution in [0.3, 0.4) is 0 Å². The number of nitrogens with zero attached hydrogens (tertiary/aromatic N) is 2. The number of rotatable bonds is 5. The summed E-state index contributed by atoms with van der Waals surface area (Å²) < 4.78 is 5.11. The van der Waals surface area contributed by atoms with Crippen LogP contribution in [0, 0.1) is 0 Å². The van der Waals surface area contributed by atoms with E-state index in [9.17, 15) is 9.59 Å². The van der Waals surface area contributed by atoms with Crippen LogP contribution in [0.15, 0.2) is 46.3 Å². The zero-order valence-electron chi connectivity index (χ0n) is 12.9. The van der Waals surface area contributed by atoms with Gasteiger partial charge in [-0.2, -0.15) is 4.98 Å². The van der Waals surface area contributed by atoms with Gasteiger partial charge in [0, 0.05) is 23.4 Å². The molecular weight excluding hydrogens is 364 g/mol. The number of benzene rings is 1. The van der Waals surface area contributed by atoms with Crippen molar-refractivity contribution >= 4 is 34.8 Å². The van der Waals surface area contributed by atoms with Crippen molar-refractivity contribution in [2.45, 2.75) is 12.8 Å². The quantitative estimate of drug-likeness (QED) is 0.667. The summed E-state index contributed by atoms with van der Waals surface area (Å²) in [7, 11) is 0. The first-order valence-corrected chi connectivity index (χ1v) is 8.59. The van der Waals surface area contributed by atoms with Gasteiger partial charge in [0.1, 0.15) is 0 Å². The molecule has 0 bridgehead atoms. The van der Waals surface area contributed by atoms with Gasteiger partial charge in [0.15, 0.2) is 0 Å². The highest BCUT2D eigenvalue weighted by Gasteiger charge is 2.12. The van der Waals surface area contributed by atoms with Crippen molar-refractivity contribution in [2.24, 2.45) is 0 Å². The fourth-order valence-electron chi connectivity index (χ4n) is 1.95. The third-order valence-corrected chi connectivity index (χ3v) is 4.32. The van der Waals surface area contributed by atoms with Gasteiger partial charge in [-0.05, 0) is 35.7 Å². The van der Waals surface area contributed by atoms with E-state index in [2.05, 4.69) is 21.0 Å². The molecule has 0 unspecified atom stereocenters. The predicted molar refractivity (Wildman–Crippen MR) is 93.0 cm³/mol. The van der Waals surface area contributed by atoms with E-state index in [0.717, 1.165) is 4.88 Å². The number of thiophene rings is 1. The molecule has 2 amide bonds. The topological polar surface area (TPSA) is 97.1 Å². The molecule has 2 N–H and O–H groups in total. The van der Waals surface area contributed by atoms with Gasteiger partial charge >= 0.3 is 0 Å². The summed E-state index contributed by atoms with van der Waals surface area (Å²) in [6.07, 6.45) is 0.383. The smallest absolute Gasteiger partial charge is 0.269 e. The molecule has 0 aliphatic carbocycles. The Bertz CT molecular complexity index is 862. The number of carbonyl (C=O) groups is 2. The van der Waals surface area contributed by atoms with Crippen molar-refractivity contribution in [3.63, 3.8) is 0 Å². The lowest BCUT2D eigenvalue weighted by Crippen LogP contribution is -2.41. The zero-order chi connectivity index (χ0) is 17.6. The molecule has 0 aliphatic rings. The van der Waals surface area contributed by atoms with Crippen LogP contribution in [0.4, 0.5) is 0 Å². The second kappa shape index (κ2) is 7.91. The van der Waals surface area contributed by atoms with E-state index >= 15 is 0 Å². The maximum absolute atomic E-state index is 11.9. The third-order valence-electron chi connectivity index (χ3n) is 3.20. The Morgan fingerprint density at radius 1 is 1.16 bits per heavy atom. The van der Waals surface area contributed by atoms with Crippen LogP contribution >= 0.6 is 22.9 Å².